The molecule has 5 heteroatoms. The molecule has 202 valence electrons. The van der Waals surface area contributed by atoms with Gasteiger partial charge in [0.2, 0.25) is 0 Å². The van der Waals surface area contributed by atoms with Gasteiger partial charge in [-0.2, -0.15) is 0 Å². The Labute approximate surface area is 231 Å². The Balaban J connectivity index is 1.75. The number of hydrogen-bond donors (Lipinski definition) is 2. The van der Waals surface area contributed by atoms with Crippen molar-refractivity contribution in [3.8, 4) is 11.8 Å². The standard InChI is InChI=1S/C34H37NO4/c1-20-17-29-28(24(12-14-35)13-15-38-29)19-27(20)31-26-11-10-23(9-8-22-6-7-22)18-25(26)16-21(2)30(31)32(33(36)37)39-34(3,4)5/h10-12,14,16-20,22,27,32,35H,6-7,13,15H2,1-5H3,(H,36,37). The maximum absolute atomic E-state index is 12.7. The highest BCUT2D eigenvalue weighted by atomic mass is 16.5. The monoisotopic (exact) mass is 523 g/mol. The molecule has 2 aromatic carbocycles. The van der Waals surface area contributed by atoms with Gasteiger partial charge in [-0.3, -0.25) is 0 Å². The van der Waals surface area contributed by atoms with Crippen molar-refractivity contribution < 1.29 is 19.4 Å². The molecule has 2 aliphatic carbocycles. The van der Waals surface area contributed by atoms with Crippen LogP contribution in [0.15, 0.2) is 59.4 Å². The number of ether oxygens (including phenoxy) is 2. The van der Waals surface area contributed by atoms with Crippen molar-refractivity contribution in [1.29, 1.82) is 5.41 Å². The molecule has 0 bridgehead atoms. The second-order valence-corrected chi connectivity index (χ2v) is 11.9. The van der Waals surface area contributed by atoms with Crippen LogP contribution in [0.25, 0.3) is 10.8 Å². The number of fused-ring (bicyclic) bond motifs is 2. The number of carboxylic acid groups (broad SMARTS) is 1. The summed E-state index contributed by atoms with van der Waals surface area (Å²) in [5, 5.41) is 20.1. The molecule has 1 saturated heterocycles. The van der Waals surface area contributed by atoms with Crippen molar-refractivity contribution in [3.05, 3.63) is 81.7 Å². The van der Waals surface area contributed by atoms with Crippen molar-refractivity contribution >= 4 is 23.0 Å². The normalized spacial score (nSPS) is 22.6. The van der Waals surface area contributed by atoms with E-state index < -0.39 is 17.7 Å². The Morgan fingerprint density at radius 1 is 1.23 bits per heavy atom. The van der Waals surface area contributed by atoms with Crippen molar-refractivity contribution in [1.82, 2.24) is 0 Å². The van der Waals surface area contributed by atoms with E-state index in [4.69, 9.17) is 14.9 Å². The molecule has 2 fully saturated rings. The number of nitrogens with one attached hydrogen (secondary N) is 1. The Morgan fingerprint density at radius 2 is 2.00 bits per heavy atom. The number of benzene rings is 2. The van der Waals surface area contributed by atoms with E-state index in [2.05, 4.69) is 49.1 Å². The van der Waals surface area contributed by atoms with E-state index in [0.29, 0.717) is 18.1 Å². The lowest BCUT2D eigenvalue weighted by molar-refractivity contribution is -0.160. The molecule has 5 rings (SSSR count). The molecule has 3 atom stereocenters. The summed E-state index contributed by atoms with van der Waals surface area (Å²) in [7, 11) is 0. The first-order valence-electron chi connectivity index (χ1n) is 13.8. The average Bonchev–Trinajstić information content (AvgIpc) is 3.69. The van der Waals surface area contributed by atoms with Crippen molar-refractivity contribution in [2.24, 2.45) is 11.8 Å². The molecule has 0 spiro atoms. The van der Waals surface area contributed by atoms with Crippen LogP contribution >= 0.6 is 0 Å². The summed E-state index contributed by atoms with van der Waals surface area (Å²) in [5.74, 6) is 7.00. The fraction of sp³-hybridized carbons (Fsp3) is 0.412. The van der Waals surface area contributed by atoms with Gasteiger partial charge in [-0.05, 0) is 104 Å². The van der Waals surface area contributed by atoms with Crippen LogP contribution in [-0.4, -0.2) is 29.5 Å². The van der Waals surface area contributed by atoms with Crippen molar-refractivity contribution in [2.75, 3.05) is 6.61 Å². The summed E-state index contributed by atoms with van der Waals surface area (Å²) in [4.78, 5) is 12.7. The second kappa shape index (κ2) is 10.5. The lowest BCUT2D eigenvalue weighted by Crippen LogP contribution is -2.29. The van der Waals surface area contributed by atoms with Crippen LogP contribution in [0.2, 0.25) is 0 Å². The predicted octanol–water partition coefficient (Wildman–Crippen LogP) is 7.39. The summed E-state index contributed by atoms with van der Waals surface area (Å²) >= 11 is 0. The zero-order valence-corrected chi connectivity index (χ0v) is 23.4. The summed E-state index contributed by atoms with van der Waals surface area (Å²) in [5.41, 5.74) is 4.95. The first kappa shape index (κ1) is 27.0. The molecule has 39 heavy (non-hydrogen) atoms. The lowest BCUT2D eigenvalue weighted by atomic mass is 9.74. The fourth-order valence-corrected chi connectivity index (χ4v) is 5.64. The van der Waals surface area contributed by atoms with E-state index in [1.54, 1.807) is 0 Å². The van der Waals surface area contributed by atoms with Crippen LogP contribution in [0, 0.1) is 36.0 Å². The number of allylic oxidation sites excluding steroid dienone is 4. The van der Waals surface area contributed by atoms with Gasteiger partial charge >= 0.3 is 5.97 Å². The van der Waals surface area contributed by atoms with E-state index >= 15 is 0 Å². The maximum atomic E-state index is 12.7. The summed E-state index contributed by atoms with van der Waals surface area (Å²) < 4.78 is 12.2. The molecule has 5 nitrogen and oxygen atoms in total. The average molecular weight is 524 g/mol. The minimum atomic E-state index is -1.12. The van der Waals surface area contributed by atoms with Crippen LogP contribution in [0.3, 0.4) is 0 Å². The summed E-state index contributed by atoms with van der Waals surface area (Å²) in [6.07, 6.45) is 9.48. The highest BCUT2D eigenvalue weighted by molar-refractivity contribution is 5.92. The molecular weight excluding hydrogens is 486 g/mol. The van der Waals surface area contributed by atoms with Gasteiger partial charge in [-0.15, -0.1) is 0 Å². The smallest absolute Gasteiger partial charge is 0.337 e. The van der Waals surface area contributed by atoms with Crippen LogP contribution in [0.4, 0.5) is 0 Å². The highest BCUT2D eigenvalue weighted by Gasteiger charge is 2.36. The quantitative estimate of drug-likeness (QED) is 0.316. The van der Waals surface area contributed by atoms with Crippen molar-refractivity contribution in [3.63, 3.8) is 0 Å². The van der Waals surface area contributed by atoms with Crippen LogP contribution in [0.5, 0.6) is 0 Å². The Kier molecular flexibility index (Phi) is 7.27. The second-order valence-electron chi connectivity index (χ2n) is 11.9. The molecule has 2 N–H and O–H groups in total. The lowest BCUT2D eigenvalue weighted by Gasteiger charge is -2.35. The third kappa shape index (κ3) is 5.72. The van der Waals surface area contributed by atoms with Gasteiger partial charge in [0.05, 0.1) is 12.2 Å². The van der Waals surface area contributed by atoms with E-state index in [1.807, 2.05) is 39.8 Å². The zero-order valence-electron chi connectivity index (χ0n) is 23.4. The van der Waals surface area contributed by atoms with Gasteiger partial charge in [0, 0.05) is 35.6 Å². The minimum absolute atomic E-state index is 0.0604. The molecule has 0 amide bonds. The topological polar surface area (TPSA) is 79.6 Å². The molecule has 3 aliphatic rings. The molecular formula is C34H37NO4. The van der Waals surface area contributed by atoms with E-state index in [-0.39, 0.29) is 11.8 Å². The van der Waals surface area contributed by atoms with E-state index in [0.717, 1.165) is 50.8 Å². The minimum Gasteiger partial charge on any atom is -0.493 e. The van der Waals surface area contributed by atoms with Gasteiger partial charge in [-0.25, -0.2) is 4.79 Å². The first-order valence-corrected chi connectivity index (χ1v) is 13.8. The number of aliphatic carboxylic acids is 1. The zero-order chi connectivity index (χ0) is 27.9. The van der Waals surface area contributed by atoms with Gasteiger partial charge in [-0.1, -0.05) is 37.0 Å². The Morgan fingerprint density at radius 3 is 2.67 bits per heavy atom. The van der Waals surface area contributed by atoms with E-state index in [1.165, 1.54) is 19.1 Å². The van der Waals surface area contributed by atoms with Gasteiger partial charge in [0.1, 0.15) is 5.76 Å². The number of hydrogen-bond acceptors (Lipinski definition) is 4. The molecule has 0 aromatic heterocycles. The number of carboxylic acids is 1. The van der Waals surface area contributed by atoms with Crippen molar-refractivity contribution in [2.45, 2.75) is 71.5 Å². The van der Waals surface area contributed by atoms with Crippen LogP contribution < -0.4 is 0 Å². The SMILES string of the molecule is Cc1cc2cc(C#CC3CC3)ccc2c(C2C=C3C(=CC=N)CCOC3=CC2C)c1C(OC(C)(C)C)C(=O)O. The highest BCUT2D eigenvalue weighted by Crippen LogP contribution is 2.46. The van der Waals surface area contributed by atoms with Gasteiger partial charge < -0.3 is 20.0 Å². The fourth-order valence-electron chi connectivity index (χ4n) is 5.64. The number of rotatable bonds is 5. The number of aryl methyl sites for hydroxylation is 1. The predicted molar refractivity (Wildman–Crippen MR) is 155 cm³/mol. The molecule has 1 heterocycles. The Hall–Kier alpha value is -3.62. The summed E-state index contributed by atoms with van der Waals surface area (Å²) in [6, 6.07) is 8.34. The van der Waals surface area contributed by atoms with Gasteiger partial charge in [0.25, 0.3) is 0 Å². The molecule has 1 saturated carbocycles. The molecule has 0 radical (unpaired) electrons. The largest absolute Gasteiger partial charge is 0.493 e. The third-order valence-electron chi connectivity index (χ3n) is 7.57. The van der Waals surface area contributed by atoms with Crippen LogP contribution in [0.1, 0.15) is 81.2 Å². The number of carbonyl (C=O) groups is 1. The van der Waals surface area contributed by atoms with E-state index in [9.17, 15) is 9.90 Å². The van der Waals surface area contributed by atoms with Gasteiger partial charge in [0.15, 0.2) is 6.10 Å². The maximum Gasteiger partial charge on any atom is 0.337 e. The summed E-state index contributed by atoms with van der Waals surface area (Å²) in [6.45, 7) is 10.4. The van der Waals surface area contributed by atoms with Crippen LogP contribution in [-0.2, 0) is 14.3 Å². The first-order chi connectivity index (χ1) is 18.6. The molecule has 2 aromatic rings. The third-order valence-corrected chi connectivity index (χ3v) is 7.57. The molecule has 3 unspecified atom stereocenters. The Bertz CT molecular complexity index is 1490. The molecule has 1 aliphatic heterocycles.